The second-order valence-corrected chi connectivity index (χ2v) is 5.13. The molecule has 0 radical (unpaired) electrons. The Morgan fingerprint density at radius 3 is 2.43 bits per heavy atom. The van der Waals surface area contributed by atoms with E-state index in [9.17, 15) is 9.59 Å². The highest BCUT2D eigenvalue weighted by Crippen LogP contribution is 2.03. The first kappa shape index (κ1) is 16.7. The maximum Gasteiger partial charge on any atom is 0.270 e. The Bertz CT molecular complexity index is 638. The summed E-state index contributed by atoms with van der Waals surface area (Å²) in [6.45, 7) is 3.00. The molecule has 0 aliphatic rings. The summed E-state index contributed by atoms with van der Waals surface area (Å²) in [6, 6.07) is 8.34. The predicted octanol–water partition coefficient (Wildman–Crippen LogP) is 2.52. The quantitative estimate of drug-likeness (QED) is 0.733. The highest BCUT2D eigenvalue weighted by molar-refractivity contribution is 5.96. The fourth-order valence-electron chi connectivity index (χ4n) is 2.03. The molecule has 0 saturated carbocycles. The summed E-state index contributed by atoms with van der Waals surface area (Å²) in [5.74, 6) is 0.0481. The van der Waals surface area contributed by atoms with Gasteiger partial charge in [0.15, 0.2) is 0 Å². The molecule has 2 rings (SSSR count). The van der Waals surface area contributed by atoms with Crippen LogP contribution in [0.3, 0.4) is 0 Å². The second kappa shape index (κ2) is 8.73. The number of rotatable bonds is 8. The van der Waals surface area contributed by atoms with Crippen LogP contribution in [0.15, 0.2) is 41.0 Å². The number of furan rings is 1. The lowest BCUT2D eigenvalue weighted by Crippen LogP contribution is -2.28. The molecule has 0 bridgehead atoms. The number of amides is 2. The number of pyridine rings is 1. The molecule has 2 N–H and O–H groups in total. The minimum atomic E-state index is -0.345. The Labute approximate surface area is 135 Å². The van der Waals surface area contributed by atoms with Crippen molar-refractivity contribution in [3.05, 3.63) is 53.7 Å². The molecule has 6 nitrogen and oxygen atoms in total. The molecule has 122 valence electrons. The molecule has 2 heterocycles. The van der Waals surface area contributed by atoms with Gasteiger partial charge in [-0.15, -0.1) is 0 Å². The van der Waals surface area contributed by atoms with Gasteiger partial charge in [0.2, 0.25) is 0 Å². The summed E-state index contributed by atoms with van der Waals surface area (Å²) >= 11 is 0. The number of carbonyl (C=O) groups excluding carboxylic acids is 2. The van der Waals surface area contributed by atoms with Crippen molar-refractivity contribution < 1.29 is 14.0 Å². The standard InChI is InChI=1S/C17H21N3O3/c1-2-3-4-10-18-16(21)14-8-5-9-15(20-14)17(22)19-12-13-7-6-11-23-13/h5-9,11H,2-4,10,12H2,1H3,(H,18,21)(H,19,22). The number of nitrogens with one attached hydrogen (secondary N) is 2. The van der Waals surface area contributed by atoms with E-state index in [4.69, 9.17) is 4.42 Å². The number of unbranched alkanes of at least 4 members (excludes halogenated alkanes) is 2. The number of nitrogens with zero attached hydrogens (tertiary/aromatic N) is 1. The topological polar surface area (TPSA) is 84.2 Å². The maximum absolute atomic E-state index is 12.1. The van der Waals surface area contributed by atoms with Crippen LogP contribution in [0.5, 0.6) is 0 Å². The van der Waals surface area contributed by atoms with Gasteiger partial charge in [-0.2, -0.15) is 0 Å². The number of hydrogen-bond donors (Lipinski definition) is 2. The maximum atomic E-state index is 12.1. The van der Waals surface area contributed by atoms with Crippen LogP contribution < -0.4 is 10.6 Å². The first-order valence-electron chi connectivity index (χ1n) is 7.76. The van der Waals surface area contributed by atoms with E-state index in [-0.39, 0.29) is 29.7 Å². The van der Waals surface area contributed by atoms with E-state index in [1.54, 1.807) is 36.6 Å². The van der Waals surface area contributed by atoms with Crippen molar-refractivity contribution in [3.8, 4) is 0 Å². The Balaban J connectivity index is 1.90. The van der Waals surface area contributed by atoms with Gasteiger partial charge in [-0.25, -0.2) is 4.98 Å². The third kappa shape index (κ3) is 5.25. The number of hydrogen-bond acceptors (Lipinski definition) is 4. The van der Waals surface area contributed by atoms with Gasteiger partial charge in [-0.05, 0) is 30.7 Å². The summed E-state index contributed by atoms with van der Waals surface area (Å²) in [4.78, 5) is 28.2. The van der Waals surface area contributed by atoms with Crippen LogP contribution in [-0.2, 0) is 6.54 Å². The molecular formula is C17H21N3O3. The van der Waals surface area contributed by atoms with Gasteiger partial charge in [-0.1, -0.05) is 25.8 Å². The average Bonchev–Trinajstić information content (AvgIpc) is 3.10. The van der Waals surface area contributed by atoms with Gasteiger partial charge in [0.1, 0.15) is 17.1 Å². The van der Waals surface area contributed by atoms with Crippen LogP contribution in [0, 0.1) is 0 Å². The fourth-order valence-corrected chi connectivity index (χ4v) is 2.03. The van der Waals surface area contributed by atoms with Crippen molar-refractivity contribution in [1.29, 1.82) is 0 Å². The molecule has 0 spiro atoms. The first-order chi connectivity index (χ1) is 11.2. The predicted molar refractivity (Wildman–Crippen MR) is 86.0 cm³/mol. The van der Waals surface area contributed by atoms with Gasteiger partial charge >= 0.3 is 0 Å². The smallest absolute Gasteiger partial charge is 0.270 e. The molecule has 0 fully saturated rings. The van der Waals surface area contributed by atoms with Crippen molar-refractivity contribution in [2.24, 2.45) is 0 Å². The molecule has 23 heavy (non-hydrogen) atoms. The largest absolute Gasteiger partial charge is 0.467 e. The zero-order chi connectivity index (χ0) is 16.5. The number of aromatic nitrogens is 1. The molecule has 2 aromatic rings. The SMILES string of the molecule is CCCCCNC(=O)c1cccc(C(=O)NCc2ccco2)n1. The molecule has 0 atom stereocenters. The Morgan fingerprint density at radius 1 is 1.04 bits per heavy atom. The number of carbonyl (C=O) groups is 2. The molecule has 0 aromatic carbocycles. The first-order valence-corrected chi connectivity index (χ1v) is 7.76. The Hall–Kier alpha value is -2.63. The zero-order valence-corrected chi connectivity index (χ0v) is 13.2. The van der Waals surface area contributed by atoms with Gasteiger partial charge in [-0.3, -0.25) is 9.59 Å². The van der Waals surface area contributed by atoms with Crippen LogP contribution in [-0.4, -0.2) is 23.3 Å². The van der Waals surface area contributed by atoms with E-state index >= 15 is 0 Å². The van der Waals surface area contributed by atoms with Crippen LogP contribution in [0.1, 0.15) is 52.9 Å². The summed E-state index contributed by atoms with van der Waals surface area (Å²) in [6.07, 6.45) is 4.65. The van der Waals surface area contributed by atoms with E-state index in [1.165, 1.54) is 0 Å². The molecule has 2 aromatic heterocycles. The minimum Gasteiger partial charge on any atom is -0.467 e. The summed E-state index contributed by atoms with van der Waals surface area (Å²) in [5.41, 5.74) is 0.449. The van der Waals surface area contributed by atoms with E-state index in [2.05, 4.69) is 22.5 Å². The van der Waals surface area contributed by atoms with Crippen LogP contribution in [0.25, 0.3) is 0 Å². The van der Waals surface area contributed by atoms with Crippen molar-refractivity contribution in [3.63, 3.8) is 0 Å². The van der Waals surface area contributed by atoms with Gasteiger partial charge in [0.25, 0.3) is 11.8 Å². The van der Waals surface area contributed by atoms with E-state index in [1.807, 2.05) is 0 Å². The third-order valence-electron chi connectivity index (χ3n) is 3.28. The second-order valence-electron chi connectivity index (χ2n) is 5.13. The fraction of sp³-hybridized carbons (Fsp3) is 0.353. The van der Waals surface area contributed by atoms with Crippen molar-refractivity contribution >= 4 is 11.8 Å². The minimum absolute atomic E-state index is 0.206. The highest BCUT2D eigenvalue weighted by atomic mass is 16.3. The van der Waals surface area contributed by atoms with Gasteiger partial charge < -0.3 is 15.1 Å². The van der Waals surface area contributed by atoms with Crippen LogP contribution >= 0.6 is 0 Å². The lowest BCUT2D eigenvalue weighted by molar-refractivity contribution is 0.0940. The normalized spacial score (nSPS) is 10.3. The van der Waals surface area contributed by atoms with Crippen LogP contribution in [0.4, 0.5) is 0 Å². The van der Waals surface area contributed by atoms with E-state index < -0.39 is 0 Å². The summed E-state index contributed by atoms with van der Waals surface area (Å²) in [7, 11) is 0. The van der Waals surface area contributed by atoms with Crippen LogP contribution in [0.2, 0.25) is 0 Å². The molecule has 0 unspecified atom stereocenters. The lowest BCUT2D eigenvalue weighted by Gasteiger charge is -2.06. The molecule has 0 aliphatic heterocycles. The third-order valence-corrected chi connectivity index (χ3v) is 3.28. The molecule has 6 heteroatoms. The molecule has 0 aliphatic carbocycles. The van der Waals surface area contributed by atoms with Crippen molar-refractivity contribution in [2.45, 2.75) is 32.7 Å². The van der Waals surface area contributed by atoms with Gasteiger partial charge in [0.05, 0.1) is 12.8 Å². The Morgan fingerprint density at radius 2 is 1.78 bits per heavy atom. The molecule has 0 saturated heterocycles. The summed E-state index contributed by atoms with van der Waals surface area (Å²) in [5, 5.41) is 5.51. The molecular weight excluding hydrogens is 294 g/mol. The van der Waals surface area contributed by atoms with Gasteiger partial charge in [0, 0.05) is 6.54 Å². The Kier molecular flexibility index (Phi) is 6.35. The van der Waals surface area contributed by atoms with Crippen molar-refractivity contribution in [2.75, 3.05) is 6.54 Å². The summed E-state index contributed by atoms with van der Waals surface area (Å²) < 4.78 is 5.15. The molecule has 2 amide bonds. The lowest BCUT2D eigenvalue weighted by atomic mass is 10.2. The van der Waals surface area contributed by atoms with Crippen molar-refractivity contribution in [1.82, 2.24) is 15.6 Å². The average molecular weight is 315 g/mol. The van der Waals surface area contributed by atoms with E-state index in [0.717, 1.165) is 19.3 Å². The highest BCUT2D eigenvalue weighted by Gasteiger charge is 2.12. The monoisotopic (exact) mass is 315 g/mol. The zero-order valence-electron chi connectivity index (χ0n) is 13.2. The van der Waals surface area contributed by atoms with E-state index in [0.29, 0.717) is 12.3 Å².